The summed E-state index contributed by atoms with van der Waals surface area (Å²) in [5, 5.41) is 5.90. The molecule has 5 heteroatoms. The van der Waals surface area contributed by atoms with Gasteiger partial charge in [0.1, 0.15) is 0 Å². The van der Waals surface area contributed by atoms with E-state index in [1.807, 2.05) is 38.1 Å². The highest BCUT2D eigenvalue weighted by Crippen LogP contribution is 2.18. The van der Waals surface area contributed by atoms with Crippen molar-refractivity contribution < 1.29 is 9.53 Å². The molecule has 3 atom stereocenters. The zero-order chi connectivity index (χ0) is 14.5. The Balaban J connectivity index is 1.84. The number of amides is 2. The Kier molecular flexibility index (Phi) is 5.43. The largest absolute Gasteiger partial charge is 0.376 e. The van der Waals surface area contributed by atoms with Crippen molar-refractivity contribution in [1.29, 1.82) is 0 Å². The Bertz CT molecular complexity index is 461. The highest BCUT2D eigenvalue weighted by atomic mass is 79.9. The third-order valence-electron chi connectivity index (χ3n) is 3.58. The SMILES string of the molecule is CC(NC(=O)NC(C)C1CCCO1)c1cccc(Br)c1. The number of nitrogens with one attached hydrogen (secondary N) is 2. The van der Waals surface area contributed by atoms with Crippen molar-refractivity contribution >= 4 is 22.0 Å². The van der Waals surface area contributed by atoms with Crippen molar-refractivity contribution in [2.45, 2.75) is 44.9 Å². The first-order valence-electron chi connectivity index (χ1n) is 7.00. The van der Waals surface area contributed by atoms with E-state index in [9.17, 15) is 4.79 Å². The molecule has 1 heterocycles. The summed E-state index contributed by atoms with van der Waals surface area (Å²) in [6.07, 6.45) is 2.23. The number of hydrogen-bond acceptors (Lipinski definition) is 2. The average molecular weight is 341 g/mol. The van der Waals surface area contributed by atoms with Crippen LogP contribution in [-0.2, 0) is 4.74 Å². The summed E-state index contributed by atoms with van der Waals surface area (Å²) < 4.78 is 6.58. The summed E-state index contributed by atoms with van der Waals surface area (Å²) in [4.78, 5) is 12.0. The van der Waals surface area contributed by atoms with Crippen LogP contribution in [0.3, 0.4) is 0 Å². The van der Waals surface area contributed by atoms with Gasteiger partial charge in [-0.25, -0.2) is 4.79 Å². The van der Waals surface area contributed by atoms with Gasteiger partial charge in [-0.2, -0.15) is 0 Å². The molecule has 20 heavy (non-hydrogen) atoms. The molecule has 2 amide bonds. The second kappa shape index (κ2) is 7.09. The average Bonchev–Trinajstić information content (AvgIpc) is 2.92. The molecule has 1 aromatic carbocycles. The van der Waals surface area contributed by atoms with Crippen molar-refractivity contribution in [1.82, 2.24) is 10.6 Å². The molecular weight excluding hydrogens is 320 g/mol. The maximum Gasteiger partial charge on any atom is 0.315 e. The molecular formula is C15H21BrN2O2. The van der Waals surface area contributed by atoms with Gasteiger partial charge >= 0.3 is 6.03 Å². The minimum atomic E-state index is -0.152. The molecule has 2 rings (SSSR count). The van der Waals surface area contributed by atoms with E-state index in [-0.39, 0.29) is 24.2 Å². The van der Waals surface area contributed by atoms with Crippen molar-refractivity contribution in [2.75, 3.05) is 6.61 Å². The van der Waals surface area contributed by atoms with E-state index >= 15 is 0 Å². The van der Waals surface area contributed by atoms with E-state index in [0.29, 0.717) is 0 Å². The molecule has 0 bridgehead atoms. The molecule has 1 aliphatic heterocycles. The summed E-state index contributed by atoms with van der Waals surface area (Å²) in [5.41, 5.74) is 1.07. The Morgan fingerprint density at radius 3 is 2.85 bits per heavy atom. The van der Waals surface area contributed by atoms with E-state index in [0.717, 1.165) is 29.5 Å². The first kappa shape index (κ1) is 15.3. The minimum Gasteiger partial charge on any atom is -0.376 e. The van der Waals surface area contributed by atoms with Crippen LogP contribution in [0.25, 0.3) is 0 Å². The molecule has 0 saturated carbocycles. The van der Waals surface area contributed by atoms with Gasteiger partial charge in [-0.1, -0.05) is 28.1 Å². The number of carbonyl (C=O) groups excluding carboxylic acids is 1. The van der Waals surface area contributed by atoms with E-state index in [1.165, 1.54) is 0 Å². The quantitative estimate of drug-likeness (QED) is 0.882. The fraction of sp³-hybridized carbons (Fsp3) is 0.533. The predicted molar refractivity (Wildman–Crippen MR) is 82.7 cm³/mol. The molecule has 1 saturated heterocycles. The smallest absolute Gasteiger partial charge is 0.315 e. The van der Waals surface area contributed by atoms with Crippen LogP contribution in [0.2, 0.25) is 0 Å². The number of carbonyl (C=O) groups is 1. The lowest BCUT2D eigenvalue weighted by Gasteiger charge is -2.22. The molecule has 4 nitrogen and oxygen atoms in total. The number of halogens is 1. The van der Waals surface area contributed by atoms with Crippen LogP contribution < -0.4 is 10.6 Å². The standard InChI is InChI=1S/C15H21BrN2O2/c1-10(12-5-3-6-13(16)9-12)17-15(19)18-11(2)14-7-4-8-20-14/h3,5-6,9-11,14H,4,7-8H2,1-2H3,(H2,17,18,19). The van der Waals surface area contributed by atoms with Crippen molar-refractivity contribution in [3.8, 4) is 0 Å². The monoisotopic (exact) mass is 340 g/mol. The van der Waals surface area contributed by atoms with Gasteiger partial charge < -0.3 is 15.4 Å². The first-order chi connectivity index (χ1) is 9.56. The maximum absolute atomic E-state index is 12.0. The van der Waals surface area contributed by atoms with Gasteiger partial charge in [0.15, 0.2) is 0 Å². The van der Waals surface area contributed by atoms with Crippen molar-refractivity contribution in [3.63, 3.8) is 0 Å². The van der Waals surface area contributed by atoms with Gasteiger partial charge in [-0.3, -0.25) is 0 Å². The Morgan fingerprint density at radius 2 is 2.20 bits per heavy atom. The Hall–Kier alpha value is -1.07. The van der Waals surface area contributed by atoms with Crippen LogP contribution in [0.5, 0.6) is 0 Å². The summed E-state index contributed by atoms with van der Waals surface area (Å²) in [6, 6.07) is 7.78. The van der Waals surface area contributed by atoms with Crippen molar-refractivity contribution in [2.24, 2.45) is 0 Å². The summed E-state index contributed by atoms with van der Waals surface area (Å²) in [6.45, 7) is 4.75. The summed E-state index contributed by atoms with van der Waals surface area (Å²) in [7, 11) is 0. The lowest BCUT2D eigenvalue weighted by atomic mass is 10.1. The van der Waals surface area contributed by atoms with E-state index in [1.54, 1.807) is 0 Å². The van der Waals surface area contributed by atoms with Gasteiger partial charge in [0.25, 0.3) is 0 Å². The molecule has 0 aliphatic carbocycles. The van der Waals surface area contributed by atoms with Gasteiger partial charge in [-0.15, -0.1) is 0 Å². The lowest BCUT2D eigenvalue weighted by Crippen LogP contribution is -2.46. The molecule has 3 unspecified atom stereocenters. The van der Waals surface area contributed by atoms with Crippen LogP contribution >= 0.6 is 15.9 Å². The number of rotatable bonds is 4. The van der Waals surface area contributed by atoms with E-state index < -0.39 is 0 Å². The normalized spacial score (nSPS) is 21.2. The lowest BCUT2D eigenvalue weighted by molar-refractivity contribution is 0.0859. The number of hydrogen-bond donors (Lipinski definition) is 2. The molecule has 0 aromatic heterocycles. The molecule has 1 fully saturated rings. The summed E-state index contributed by atoms with van der Waals surface area (Å²) >= 11 is 3.44. The highest BCUT2D eigenvalue weighted by Gasteiger charge is 2.24. The highest BCUT2D eigenvalue weighted by molar-refractivity contribution is 9.10. The van der Waals surface area contributed by atoms with Gasteiger partial charge in [0.05, 0.1) is 18.2 Å². The third kappa shape index (κ3) is 4.21. The van der Waals surface area contributed by atoms with Crippen LogP contribution in [0.15, 0.2) is 28.7 Å². The van der Waals surface area contributed by atoms with Crippen LogP contribution in [0, 0.1) is 0 Å². The number of ether oxygens (including phenoxy) is 1. The topological polar surface area (TPSA) is 50.4 Å². The molecule has 0 spiro atoms. The van der Waals surface area contributed by atoms with Crippen LogP contribution in [-0.4, -0.2) is 24.8 Å². The molecule has 0 radical (unpaired) electrons. The maximum atomic E-state index is 12.0. The van der Waals surface area contributed by atoms with Crippen LogP contribution in [0.4, 0.5) is 4.79 Å². The summed E-state index contributed by atoms with van der Waals surface area (Å²) in [5.74, 6) is 0. The van der Waals surface area contributed by atoms with Gasteiger partial charge in [0, 0.05) is 11.1 Å². The second-order valence-electron chi connectivity index (χ2n) is 5.23. The first-order valence-corrected chi connectivity index (χ1v) is 7.79. The van der Waals surface area contributed by atoms with Crippen LogP contribution in [0.1, 0.15) is 38.3 Å². The number of benzene rings is 1. The van der Waals surface area contributed by atoms with E-state index in [2.05, 4.69) is 26.6 Å². The zero-order valence-electron chi connectivity index (χ0n) is 11.9. The molecule has 110 valence electrons. The minimum absolute atomic E-state index is 0.0345. The van der Waals surface area contributed by atoms with Gasteiger partial charge in [0.2, 0.25) is 0 Å². The fourth-order valence-electron chi connectivity index (χ4n) is 2.39. The second-order valence-corrected chi connectivity index (χ2v) is 6.15. The fourth-order valence-corrected chi connectivity index (χ4v) is 2.81. The zero-order valence-corrected chi connectivity index (χ0v) is 13.4. The number of urea groups is 1. The van der Waals surface area contributed by atoms with E-state index in [4.69, 9.17) is 4.74 Å². The molecule has 1 aliphatic rings. The van der Waals surface area contributed by atoms with Gasteiger partial charge in [-0.05, 0) is 44.4 Å². The third-order valence-corrected chi connectivity index (χ3v) is 4.07. The predicted octanol–water partition coefficient (Wildman–Crippen LogP) is 3.38. The molecule has 1 aromatic rings. The Labute approximate surface area is 128 Å². The van der Waals surface area contributed by atoms with Crippen molar-refractivity contribution in [3.05, 3.63) is 34.3 Å². The molecule has 2 N–H and O–H groups in total. The Morgan fingerprint density at radius 1 is 1.40 bits per heavy atom.